The summed E-state index contributed by atoms with van der Waals surface area (Å²) in [6.07, 6.45) is 0. The smallest absolute Gasteiger partial charge is 0.200 e. The van der Waals surface area contributed by atoms with Gasteiger partial charge < -0.3 is 18.5 Å². The number of anilines is 1. The lowest BCUT2D eigenvalue weighted by Gasteiger charge is -2.27. The topological polar surface area (TPSA) is 55.8 Å². The summed E-state index contributed by atoms with van der Waals surface area (Å²) in [5, 5.41) is 2.72. The highest BCUT2D eigenvalue weighted by Crippen LogP contribution is 2.36. The van der Waals surface area contributed by atoms with Crippen LogP contribution in [0.15, 0.2) is 80.4 Å². The molecule has 6 rings (SSSR count). The summed E-state index contributed by atoms with van der Waals surface area (Å²) in [5.41, 5.74) is 4.12. The van der Waals surface area contributed by atoms with Crippen molar-refractivity contribution in [2.45, 2.75) is 0 Å². The summed E-state index contributed by atoms with van der Waals surface area (Å²) in [7, 11) is 0. The first kappa shape index (κ1) is 17.3. The molecule has 3 heterocycles. The van der Waals surface area contributed by atoms with E-state index < -0.39 is 0 Å². The van der Waals surface area contributed by atoms with Gasteiger partial charge in [-0.3, -0.25) is 4.79 Å². The monoisotopic (exact) mass is 397 g/mol. The predicted octanol–water partition coefficient (Wildman–Crippen LogP) is 5.20. The molecular weight excluding hydrogens is 378 g/mol. The average Bonchev–Trinajstić information content (AvgIpc) is 3.18. The zero-order valence-electron chi connectivity index (χ0n) is 16.3. The number of furan rings is 1. The first-order valence-electron chi connectivity index (χ1n) is 10.1. The molecule has 0 spiro atoms. The van der Waals surface area contributed by atoms with Crippen molar-refractivity contribution in [1.29, 1.82) is 0 Å². The summed E-state index contributed by atoms with van der Waals surface area (Å²) in [4.78, 5) is 14.9. The molecule has 3 aromatic carbocycles. The fourth-order valence-electron chi connectivity index (χ4n) is 4.23. The van der Waals surface area contributed by atoms with Crippen molar-refractivity contribution in [3.63, 3.8) is 0 Å². The predicted molar refractivity (Wildman–Crippen MR) is 118 cm³/mol. The zero-order chi connectivity index (χ0) is 20.1. The summed E-state index contributed by atoms with van der Waals surface area (Å²) in [6, 6.07) is 21.5. The highest BCUT2D eigenvalue weighted by atomic mass is 16.5. The van der Waals surface area contributed by atoms with Crippen LogP contribution in [0.3, 0.4) is 0 Å². The molecule has 0 bridgehead atoms. The minimum absolute atomic E-state index is 0.0450. The molecule has 0 aliphatic carbocycles. The Morgan fingerprint density at radius 3 is 2.43 bits per heavy atom. The van der Waals surface area contributed by atoms with Gasteiger partial charge in [-0.25, -0.2) is 0 Å². The lowest BCUT2D eigenvalue weighted by molar-refractivity contribution is 0.121. The molecule has 0 unspecified atom stereocenters. The van der Waals surface area contributed by atoms with Crippen molar-refractivity contribution in [3.8, 4) is 11.1 Å². The third kappa shape index (κ3) is 2.70. The number of fused-ring (bicyclic) bond motifs is 4. The quantitative estimate of drug-likeness (QED) is 0.410. The van der Waals surface area contributed by atoms with Gasteiger partial charge in [0.2, 0.25) is 0 Å². The minimum Gasteiger partial charge on any atom is -0.455 e. The van der Waals surface area contributed by atoms with Crippen molar-refractivity contribution in [3.05, 3.63) is 77.0 Å². The van der Waals surface area contributed by atoms with Gasteiger partial charge in [-0.1, -0.05) is 42.5 Å². The molecule has 0 radical (unpaired) electrons. The Morgan fingerprint density at radius 2 is 1.53 bits per heavy atom. The van der Waals surface area contributed by atoms with Crippen LogP contribution < -0.4 is 10.3 Å². The van der Waals surface area contributed by atoms with Crippen molar-refractivity contribution >= 4 is 38.8 Å². The van der Waals surface area contributed by atoms with Crippen molar-refractivity contribution in [1.82, 2.24) is 0 Å². The Kier molecular flexibility index (Phi) is 3.89. The standard InChI is InChI=1S/C25H19NO4/c27-21-15-24(26-10-12-28-13-11-26)29-23-9-8-16(14-20(21)23)17-5-3-6-19-18-4-1-2-7-22(18)30-25(17)19/h1-9,14-15H,10-13H2. The first-order chi connectivity index (χ1) is 14.8. The van der Waals surface area contributed by atoms with Crippen LogP contribution in [0.5, 0.6) is 0 Å². The maximum absolute atomic E-state index is 12.9. The molecule has 0 atom stereocenters. The summed E-state index contributed by atoms with van der Waals surface area (Å²) in [5.74, 6) is 0.600. The van der Waals surface area contributed by atoms with E-state index in [9.17, 15) is 4.79 Å². The second-order valence-corrected chi connectivity index (χ2v) is 7.54. The Morgan fingerprint density at radius 1 is 0.733 bits per heavy atom. The maximum atomic E-state index is 12.9. The van der Waals surface area contributed by atoms with E-state index >= 15 is 0 Å². The molecule has 0 amide bonds. The number of hydrogen-bond acceptors (Lipinski definition) is 5. The van der Waals surface area contributed by atoms with Gasteiger partial charge >= 0.3 is 0 Å². The van der Waals surface area contributed by atoms with Crippen LogP contribution >= 0.6 is 0 Å². The van der Waals surface area contributed by atoms with E-state index in [4.69, 9.17) is 13.6 Å². The lowest BCUT2D eigenvalue weighted by Crippen LogP contribution is -2.36. The summed E-state index contributed by atoms with van der Waals surface area (Å²) >= 11 is 0. The van der Waals surface area contributed by atoms with Crippen LogP contribution in [0.1, 0.15) is 0 Å². The Labute approximate surface area is 172 Å². The van der Waals surface area contributed by atoms with Gasteiger partial charge in [0.25, 0.3) is 0 Å². The van der Waals surface area contributed by atoms with Crippen molar-refractivity contribution in [2.24, 2.45) is 0 Å². The number of hydrogen-bond donors (Lipinski definition) is 0. The largest absolute Gasteiger partial charge is 0.455 e. The normalized spacial score (nSPS) is 14.7. The van der Waals surface area contributed by atoms with Gasteiger partial charge in [0.15, 0.2) is 11.3 Å². The fraction of sp³-hybridized carbons (Fsp3) is 0.160. The highest BCUT2D eigenvalue weighted by molar-refractivity contribution is 6.09. The molecule has 148 valence electrons. The minimum atomic E-state index is -0.0450. The number of rotatable bonds is 2. The molecule has 0 N–H and O–H groups in total. The Bertz CT molecular complexity index is 1460. The molecule has 5 heteroatoms. The van der Waals surface area contributed by atoms with Gasteiger partial charge in [0, 0.05) is 35.5 Å². The van der Waals surface area contributed by atoms with E-state index in [0.717, 1.165) is 46.2 Å². The Hall–Kier alpha value is -3.57. The number of para-hydroxylation sites is 2. The molecule has 1 aliphatic heterocycles. The highest BCUT2D eigenvalue weighted by Gasteiger charge is 2.17. The summed E-state index contributed by atoms with van der Waals surface area (Å²) in [6.45, 7) is 2.73. The molecule has 1 fully saturated rings. The van der Waals surface area contributed by atoms with Crippen LogP contribution in [-0.2, 0) is 4.74 Å². The van der Waals surface area contributed by atoms with E-state index in [0.29, 0.717) is 30.1 Å². The van der Waals surface area contributed by atoms with Crippen LogP contribution in [0, 0.1) is 0 Å². The van der Waals surface area contributed by atoms with Crippen LogP contribution in [0.25, 0.3) is 44.0 Å². The van der Waals surface area contributed by atoms with E-state index in [1.807, 2.05) is 53.4 Å². The molecule has 30 heavy (non-hydrogen) atoms. The van der Waals surface area contributed by atoms with Crippen molar-refractivity contribution < 1.29 is 13.6 Å². The molecule has 1 saturated heterocycles. The molecule has 1 aliphatic rings. The number of benzene rings is 3. The van der Waals surface area contributed by atoms with E-state index in [1.165, 1.54) is 0 Å². The number of ether oxygens (including phenoxy) is 1. The fourth-order valence-corrected chi connectivity index (χ4v) is 4.23. The third-order valence-electron chi connectivity index (χ3n) is 5.75. The molecule has 0 saturated carbocycles. The second kappa shape index (κ2) is 6.75. The molecular formula is C25H19NO4. The van der Waals surface area contributed by atoms with Gasteiger partial charge in [0.1, 0.15) is 16.7 Å². The molecule has 5 nitrogen and oxygen atoms in total. The average molecular weight is 397 g/mol. The van der Waals surface area contributed by atoms with Gasteiger partial charge in [-0.2, -0.15) is 0 Å². The zero-order valence-corrected chi connectivity index (χ0v) is 16.3. The van der Waals surface area contributed by atoms with Gasteiger partial charge in [0.05, 0.1) is 18.6 Å². The maximum Gasteiger partial charge on any atom is 0.200 e. The molecule has 2 aromatic heterocycles. The van der Waals surface area contributed by atoms with E-state index in [1.54, 1.807) is 6.07 Å². The number of nitrogens with zero attached hydrogens (tertiary/aromatic N) is 1. The summed E-state index contributed by atoms with van der Waals surface area (Å²) < 4.78 is 17.6. The van der Waals surface area contributed by atoms with E-state index in [2.05, 4.69) is 12.1 Å². The lowest BCUT2D eigenvalue weighted by atomic mass is 10.0. The van der Waals surface area contributed by atoms with E-state index in [-0.39, 0.29) is 5.43 Å². The number of morpholine rings is 1. The van der Waals surface area contributed by atoms with Crippen molar-refractivity contribution in [2.75, 3.05) is 31.2 Å². The van der Waals surface area contributed by atoms with Gasteiger partial charge in [-0.05, 0) is 23.8 Å². The Balaban J connectivity index is 1.50. The van der Waals surface area contributed by atoms with Crippen LogP contribution in [0.2, 0.25) is 0 Å². The first-order valence-corrected chi connectivity index (χ1v) is 10.1. The second-order valence-electron chi connectivity index (χ2n) is 7.54. The molecule has 5 aromatic rings. The van der Waals surface area contributed by atoms with Crippen LogP contribution in [0.4, 0.5) is 5.88 Å². The SMILES string of the molecule is O=c1cc(N2CCOCC2)oc2ccc(-c3cccc4c3oc3ccccc34)cc12. The van der Waals surface area contributed by atoms with Crippen LogP contribution in [-0.4, -0.2) is 26.3 Å². The third-order valence-corrected chi connectivity index (χ3v) is 5.75. The van der Waals surface area contributed by atoms with Gasteiger partial charge in [-0.15, -0.1) is 0 Å².